The van der Waals surface area contributed by atoms with E-state index in [4.69, 9.17) is 23.2 Å². The molecule has 29 heavy (non-hydrogen) atoms. The molecule has 4 nitrogen and oxygen atoms in total. The predicted octanol–water partition coefficient (Wildman–Crippen LogP) is 6.30. The lowest BCUT2D eigenvalue weighted by molar-refractivity contribution is 0.0945. The number of benzene rings is 2. The van der Waals surface area contributed by atoms with Gasteiger partial charge in [0.05, 0.1) is 21.4 Å². The summed E-state index contributed by atoms with van der Waals surface area (Å²) >= 11 is 12.2. The fraction of sp³-hybridized carbons (Fsp3) is 0.273. The van der Waals surface area contributed by atoms with Crippen LogP contribution in [0.5, 0.6) is 0 Å². The Labute approximate surface area is 179 Å². The molecule has 0 radical (unpaired) electrons. The molecule has 1 amide bonds. The summed E-state index contributed by atoms with van der Waals surface area (Å²) in [7, 11) is 0. The van der Waals surface area contributed by atoms with Gasteiger partial charge in [-0.15, -0.1) is 0 Å². The van der Waals surface area contributed by atoms with E-state index < -0.39 is 0 Å². The van der Waals surface area contributed by atoms with Gasteiger partial charge in [0, 0.05) is 12.1 Å². The highest BCUT2D eigenvalue weighted by atomic mass is 35.5. The summed E-state index contributed by atoms with van der Waals surface area (Å²) in [5.41, 5.74) is 2.26. The number of nitrogens with zero attached hydrogens (tertiary/aromatic N) is 2. The molecule has 7 heteroatoms. The first kappa shape index (κ1) is 21.3. The largest absolute Gasteiger partial charge is 0.351 e. The van der Waals surface area contributed by atoms with Crippen molar-refractivity contribution in [2.24, 2.45) is 0 Å². The molecular formula is C22H22Cl2FN3O. The van der Waals surface area contributed by atoms with E-state index >= 15 is 0 Å². The number of hydrogen-bond acceptors (Lipinski definition) is 2. The molecular weight excluding hydrogens is 412 g/mol. The molecule has 0 saturated heterocycles. The number of carbonyl (C=O) groups excluding carboxylic acids is 1. The maximum Gasteiger partial charge on any atom is 0.270 e. The summed E-state index contributed by atoms with van der Waals surface area (Å²) in [5.74, 6) is -0.559. The van der Waals surface area contributed by atoms with E-state index in [0.29, 0.717) is 39.2 Å². The van der Waals surface area contributed by atoms with Gasteiger partial charge in [-0.2, -0.15) is 5.10 Å². The molecule has 1 heterocycles. The fourth-order valence-corrected chi connectivity index (χ4v) is 3.25. The van der Waals surface area contributed by atoms with Gasteiger partial charge in [-0.1, -0.05) is 49.4 Å². The van der Waals surface area contributed by atoms with E-state index in [-0.39, 0.29) is 11.7 Å². The number of unbranched alkanes of at least 4 members (excludes halogenated alkanes) is 3. The molecule has 2 aromatic carbocycles. The minimum absolute atomic E-state index is 0.228. The van der Waals surface area contributed by atoms with Crippen molar-refractivity contribution in [1.82, 2.24) is 15.1 Å². The first-order valence-electron chi connectivity index (χ1n) is 9.59. The smallest absolute Gasteiger partial charge is 0.270 e. The molecule has 3 rings (SSSR count). The lowest BCUT2D eigenvalue weighted by Gasteiger charge is -2.09. The quantitative estimate of drug-likeness (QED) is 0.423. The Morgan fingerprint density at radius 3 is 2.48 bits per heavy atom. The first-order chi connectivity index (χ1) is 14.0. The van der Waals surface area contributed by atoms with Gasteiger partial charge in [0.2, 0.25) is 0 Å². The second kappa shape index (κ2) is 9.90. The average Bonchev–Trinajstić information content (AvgIpc) is 3.16. The number of nitrogens with one attached hydrogen (secondary N) is 1. The van der Waals surface area contributed by atoms with Crippen molar-refractivity contribution in [1.29, 1.82) is 0 Å². The molecule has 0 fully saturated rings. The zero-order chi connectivity index (χ0) is 20.8. The van der Waals surface area contributed by atoms with Crippen molar-refractivity contribution in [3.05, 3.63) is 70.1 Å². The van der Waals surface area contributed by atoms with Gasteiger partial charge >= 0.3 is 0 Å². The van der Waals surface area contributed by atoms with Gasteiger partial charge in [0.15, 0.2) is 0 Å². The Bertz CT molecular complexity index is 986. The molecule has 3 aromatic rings. The van der Waals surface area contributed by atoms with Gasteiger partial charge < -0.3 is 5.32 Å². The third-order valence-electron chi connectivity index (χ3n) is 4.55. The van der Waals surface area contributed by atoms with Gasteiger partial charge in [-0.05, 0) is 55.0 Å². The molecule has 0 spiro atoms. The van der Waals surface area contributed by atoms with Crippen LogP contribution in [0.2, 0.25) is 10.0 Å². The predicted molar refractivity (Wildman–Crippen MR) is 115 cm³/mol. The molecule has 0 unspecified atom stereocenters. The highest BCUT2D eigenvalue weighted by Crippen LogP contribution is 2.27. The van der Waals surface area contributed by atoms with E-state index in [1.54, 1.807) is 36.4 Å². The molecule has 152 valence electrons. The van der Waals surface area contributed by atoms with Crippen LogP contribution in [0.25, 0.3) is 16.9 Å². The molecule has 0 aliphatic rings. The minimum atomic E-state index is -0.331. The van der Waals surface area contributed by atoms with Gasteiger partial charge in [0.1, 0.15) is 11.5 Å². The third kappa shape index (κ3) is 5.37. The van der Waals surface area contributed by atoms with Crippen LogP contribution in [0.15, 0.2) is 48.5 Å². The van der Waals surface area contributed by atoms with Crippen molar-refractivity contribution in [3.8, 4) is 16.9 Å². The number of carbonyl (C=O) groups is 1. The van der Waals surface area contributed by atoms with Crippen molar-refractivity contribution < 1.29 is 9.18 Å². The highest BCUT2D eigenvalue weighted by molar-refractivity contribution is 6.42. The first-order valence-corrected chi connectivity index (χ1v) is 10.3. The van der Waals surface area contributed by atoms with Crippen LogP contribution in [0, 0.1) is 5.82 Å². The van der Waals surface area contributed by atoms with Gasteiger partial charge in [-0.3, -0.25) is 4.79 Å². The van der Waals surface area contributed by atoms with Crippen LogP contribution >= 0.6 is 23.2 Å². The van der Waals surface area contributed by atoms with Crippen LogP contribution in [0.1, 0.15) is 43.1 Å². The van der Waals surface area contributed by atoms with Crippen LogP contribution in [0.3, 0.4) is 0 Å². The normalized spacial score (nSPS) is 10.9. The van der Waals surface area contributed by atoms with Crippen LogP contribution in [-0.4, -0.2) is 22.2 Å². The van der Waals surface area contributed by atoms with Crippen LogP contribution < -0.4 is 5.32 Å². The molecule has 0 aliphatic carbocycles. The van der Waals surface area contributed by atoms with E-state index in [1.807, 2.05) is 0 Å². The molecule has 1 N–H and O–H groups in total. The van der Waals surface area contributed by atoms with Crippen molar-refractivity contribution in [2.75, 3.05) is 6.54 Å². The molecule has 0 atom stereocenters. The third-order valence-corrected chi connectivity index (χ3v) is 5.28. The van der Waals surface area contributed by atoms with E-state index in [0.717, 1.165) is 25.7 Å². The van der Waals surface area contributed by atoms with Gasteiger partial charge in [-0.25, -0.2) is 9.07 Å². The summed E-state index contributed by atoms with van der Waals surface area (Å²) in [6.07, 6.45) is 4.28. The summed E-state index contributed by atoms with van der Waals surface area (Å²) in [6.45, 7) is 2.74. The Hall–Kier alpha value is -2.37. The summed E-state index contributed by atoms with van der Waals surface area (Å²) in [5, 5.41) is 8.30. The summed E-state index contributed by atoms with van der Waals surface area (Å²) in [4.78, 5) is 12.8. The molecule has 1 aromatic heterocycles. The average molecular weight is 434 g/mol. The fourth-order valence-electron chi connectivity index (χ4n) is 2.96. The standard InChI is InChI=1S/C22H22Cl2FN3O/c1-2-3-4-5-12-26-22(29)21-14-20(15-6-8-16(25)9-7-15)27-28(21)17-10-11-18(23)19(24)13-17/h6-11,13-14H,2-5,12H2,1H3,(H,26,29). The van der Waals surface area contributed by atoms with E-state index in [2.05, 4.69) is 17.3 Å². The maximum atomic E-state index is 13.3. The monoisotopic (exact) mass is 433 g/mol. The number of aromatic nitrogens is 2. The lowest BCUT2D eigenvalue weighted by atomic mass is 10.1. The molecule has 0 bridgehead atoms. The zero-order valence-corrected chi connectivity index (χ0v) is 17.6. The second-order valence-corrected chi connectivity index (χ2v) is 7.56. The van der Waals surface area contributed by atoms with Crippen molar-refractivity contribution in [3.63, 3.8) is 0 Å². The zero-order valence-electron chi connectivity index (χ0n) is 16.1. The number of rotatable bonds is 8. The maximum absolute atomic E-state index is 13.3. The molecule has 0 aliphatic heterocycles. The molecule has 0 saturated carbocycles. The lowest BCUT2D eigenvalue weighted by Crippen LogP contribution is -2.26. The number of amides is 1. The van der Waals surface area contributed by atoms with Crippen molar-refractivity contribution >= 4 is 29.1 Å². The van der Waals surface area contributed by atoms with E-state index in [1.165, 1.54) is 16.8 Å². The number of halogens is 3. The summed E-state index contributed by atoms with van der Waals surface area (Å²) in [6, 6.07) is 12.7. The SMILES string of the molecule is CCCCCCNC(=O)c1cc(-c2ccc(F)cc2)nn1-c1ccc(Cl)c(Cl)c1. The van der Waals surface area contributed by atoms with E-state index in [9.17, 15) is 9.18 Å². The Morgan fingerprint density at radius 2 is 1.79 bits per heavy atom. The van der Waals surface area contributed by atoms with Crippen LogP contribution in [-0.2, 0) is 0 Å². The van der Waals surface area contributed by atoms with Crippen LogP contribution in [0.4, 0.5) is 4.39 Å². The highest BCUT2D eigenvalue weighted by Gasteiger charge is 2.18. The topological polar surface area (TPSA) is 46.9 Å². The van der Waals surface area contributed by atoms with Crippen molar-refractivity contribution in [2.45, 2.75) is 32.6 Å². The van der Waals surface area contributed by atoms with Gasteiger partial charge in [0.25, 0.3) is 5.91 Å². The number of hydrogen-bond donors (Lipinski definition) is 1. The Kier molecular flexibility index (Phi) is 7.29. The minimum Gasteiger partial charge on any atom is -0.351 e. The Balaban J connectivity index is 1.92. The summed E-state index contributed by atoms with van der Waals surface area (Å²) < 4.78 is 14.8. The second-order valence-electron chi connectivity index (χ2n) is 6.75. The Morgan fingerprint density at radius 1 is 1.03 bits per heavy atom.